The van der Waals surface area contributed by atoms with Crippen LogP contribution in [-0.2, 0) is 0 Å². The van der Waals surface area contributed by atoms with Crippen LogP contribution in [-0.4, -0.2) is 42.5 Å². The molecule has 0 saturated carbocycles. The fourth-order valence-electron chi connectivity index (χ4n) is 3.11. The molecule has 0 saturated heterocycles. The first-order valence-corrected chi connectivity index (χ1v) is 8.53. The number of aryl methyl sites for hydroxylation is 2. The van der Waals surface area contributed by atoms with Crippen LogP contribution in [0.15, 0.2) is 24.3 Å². The van der Waals surface area contributed by atoms with Gasteiger partial charge >= 0.3 is 0 Å². The highest BCUT2D eigenvalue weighted by Gasteiger charge is 2.15. The van der Waals surface area contributed by atoms with E-state index in [-0.39, 0.29) is 13.2 Å². The van der Waals surface area contributed by atoms with Gasteiger partial charge in [-0.25, -0.2) is 9.97 Å². The van der Waals surface area contributed by atoms with Crippen LogP contribution in [0.25, 0.3) is 22.2 Å². The Kier molecular flexibility index (Phi) is 5.32. The number of rotatable bonds is 6. The van der Waals surface area contributed by atoms with Crippen LogP contribution in [0.3, 0.4) is 0 Å². The minimum Gasteiger partial charge on any atom is -0.496 e. The Hall–Kier alpha value is -3.06. The lowest BCUT2D eigenvalue weighted by atomic mass is 10.0. The Labute approximate surface area is 157 Å². The molecule has 0 amide bonds. The van der Waals surface area contributed by atoms with Gasteiger partial charge in [0.2, 0.25) is 5.88 Å². The first-order valence-electron chi connectivity index (χ1n) is 8.53. The molecule has 0 aliphatic carbocycles. The number of hydrogen-bond donors (Lipinski definition) is 2. The maximum atomic E-state index is 8.98. The first kappa shape index (κ1) is 18.7. The zero-order chi connectivity index (χ0) is 19.6. The minimum absolute atomic E-state index is 0.0290. The summed E-state index contributed by atoms with van der Waals surface area (Å²) in [7, 11) is 3.12. The number of hydrogen-bond acceptors (Lipinski definition) is 7. The van der Waals surface area contributed by atoms with Gasteiger partial charge in [-0.05, 0) is 43.2 Å². The Morgan fingerprint density at radius 1 is 1.00 bits per heavy atom. The summed E-state index contributed by atoms with van der Waals surface area (Å²) < 4.78 is 16.3. The van der Waals surface area contributed by atoms with Crippen molar-refractivity contribution in [2.45, 2.75) is 13.8 Å². The monoisotopic (exact) mass is 369 g/mol. The van der Waals surface area contributed by atoms with E-state index >= 15 is 0 Å². The molecular formula is C20H23N3O4. The van der Waals surface area contributed by atoms with Gasteiger partial charge in [0.1, 0.15) is 23.9 Å². The van der Waals surface area contributed by atoms with Crippen LogP contribution in [0, 0.1) is 13.8 Å². The molecule has 0 aliphatic heterocycles. The summed E-state index contributed by atoms with van der Waals surface area (Å²) in [6.45, 7) is 4.14. The van der Waals surface area contributed by atoms with E-state index in [0.29, 0.717) is 34.0 Å². The summed E-state index contributed by atoms with van der Waals surface area (Å²) >= 11 is 0. The lowest BCUT2D eigenvalue weighted by Crippen LogP contribution is -2.04. The third-order valence-corrected chi connectivity index (χ3v) is 4.28. The van der Waals surface area contributed by atoms with E-state index in [1.807, 2.05) is 32.0 Å². The van der Waals surface area contributed by atoms with E-state index in [9.17, 15) is 0 Å². The molecule has 2 aromatic heterocycles. The lowest BCUT2D eigenvalue weighted by Gasteiger charge is -2.15. The number of nitrogens with two attached hydrogens (primary N) is 1. The number of aromatic nitrogens is 2. The molecule has 0 fully saturated rings. The second-order valence-corrected chi connectivity index (χ2v) is 6.16. The van der Waals surface area contributed by atoms with Gasteiger partial charge in [-0.1, -0.05) is 0 Å². The van der Waals surface area contributed by atoms with Gasteiger partial charge in [-0.3, -0.25) is 0 Å². The summed E-state index contributed by atoms with van der Waals surface area (Å²) in [6, 6.07) is 7.50. The predicted octanol–water partition coefficient (Wildman–Crippen LogP) is 2.88. The molecular weight excluding hydrogens is 346 g/mol. The largest absolute Gasteiger partial charge is 0.496 e. The molecule has 27 heavy (non-hydrogen) atoms. The SMILES string of the molecule is COc1cc(OC)c2c(N)nc(-c3cc(C)c(OCCO)c(C)c3)cc2n1. The van der Waals surface area contributed by atoms with E-state index in [4.69, 9.17) is 25.1 Å². The number of methoxy groups -OCH3 is 2. The molecule has 0 spiro atoms. The number of aliphatic hydroxyl groups excluding tert-OH is 1. The summed E-state index contributed by atoms with van der Waals surface area (Å²) in [5.41, 5.74) is 10.4. The van der Waals surface area contributed by atoms with Gasteiger partial charge in [0, 0.05) is 11.6 Å². The van der Waals surface area contributed by atoms with Gasteiger partial charge in [0.05, 0.1) is 37.4 Å². The van der Waals surface area contributed by atoms with Gasteiger partial charge in [-0.2, -0.15) is 0 Å². The maximum absolute atomic E-state index is 8.98. The molecule has 7 heteroatoms. The molecule has 2 heterocycles. The van der Waals surface area contributed by atoms with Crippen LogP contribution < -0.4 is 19.9 Å². The van der Waals surface area contributed by atoms with Crippen molar-refractivity contribution in [3.63, 3.8) is 0 Å². The fraction of sp³-hybridized carbons (Fsp3) is 0.300. The van der Waals surface area contributed by atoms with Crippen molar-refractivity contribution < 1.29 is 19.3 Å². The number of fused-ring (bicyclic) bond motifs is 1. The third-order valence-electron chi connectivity index (χ3n) is 4.28. The van der Waals surface area contributed by atoms with Crippen LogP contribution in [0.2, 0.25) is 0 Å². The number of nitrogens with zero attached hydrogens (tertiary/aromatic N) is 2. The standard InChI is InChI=1S/C20H23N3O4/c1-11-7-13(8-12(2)19(11)27-6-5-24)14-9-15-18(20(21)23-14)16(25-3)10-17(22-15)26-4/h7-10,24H,5-6H2,1-4H3,(H2,21,23). The summed E-state index contributed by atoms with van der Waals surface area (Å²) in [5, 5.41) is 9.63. The summed E-state index contributed by atoms with van der Waals surface area (Å²) in [4.78, 5) is 9.02. The molecule has 0 aliphatic rings. The van der Waals surface area contributed by atoms with Crippen LogP contribution in [0.4, 0.5) is 5.82 Å². The Morgan fingerprint density at radius 3 is 2.30 bits per heavy atom. The fourth-order valence-corrected chi connectivity index (χ4v) is 3.11. The third kappa shape index (κ3) is 3.59. The van der Waals surface area contributed by atoms with Gasteiger partial charge in [0.15, 0.2) is 0 Å². The lowest BCUT2D eigenvalue weighted by molar-refractivity contribution is 0.200. The topological polar surface area (TPSA) is 99.7 Å². The van der Waals surface area contributed by atoms with E-state index in [2.05, 4.69) is 9.97 Å². The zero-order valence-corrected chi connectivity index (χ0v) is 15.9. The Morgan fingerprint density at radius 2 is 1.70 bits per heavy atom. The second kappa shape index (κ2) is 7.67. The summed E-state index contributed by atoms with van der Waals surface area (Å²) in [6.07, 6.45) is 0. The molecule has 1 aromatic carbocycles. The number of ether oxygens (including phenoxy) is 3. The van der Waals surface area contributed by atoms with Crippen molar-refractivity contribution in [3.05, 3.63) is 35.4 Å². The number of pyridine rings is 2. The van der Waals surface area contributed by atoms with Gasteiger partial charge in [-0.15, -0.1) is 0 Å². The average Bonchev–Trinajstić information content (AvgIpc) is 2.66. The molecule has 0 bridgehead atoms. The Bertz CT molecular complexity index is 966. The molecule has 142 valence electrons. The number of benzene rings is 1. The van der Waals surface area contributed by atoms with Crippen molar-refractivity contribution >= 4 is 16.7 Å². The number of aliphatic hydroxyl groups is 1. The Balaban J connectivity index is 2.15. The molecule has 3 aromatic rings. The van der Waals surface area contributed by atoms with Crippen molar-refractivity contribution in [1.29, 1.82) is 0 Å². The minimum atomic E-state index is -0.0290. The number of anilines is 1. The van der Waals surface area contributed by atoms with Crippen LogP contribution in [0.5, 0.6) is 17.4 Å². The molecule has 0 radical (unpaired) electrons. The molecule has 3 N–H and O–H groups in total. The molecule has 0 unspecified atom stereocenters. The highest BCUT2D eigenvalue weighted by Crippen LogP contribution is 2.36. The highest BCUT2D eigenvalue weighted by atomic mass is 16.5. The highest BCUT2D eigenvalue weighted by molar-refractivity contribution is 5.96. The van der Waals surface area contributed by atoms with Gasteiger partial charge in [0.25, 0.3) is 0 Å². The van der Waals surface area contributed by atoms with E-state index in [0.717, 1.165) is 22.4 Å². The summed E-state index contributed by atoms with van der Waals surface area (Å²) in [5.74, 6) is 2.11. The molecule has 7 nitrogen and oxygen atoms in total. The second-order valence-electron chi connectivity index (χ2n) is 6.16. The van der Waals surface area contributed by atoms with Crippen LogP contribution >= 0.6 is 0 Å². The van der Waals surface area contributed by atoms with Crippen molar-refractivity contribution in [1.82, 2.24) is 9.97 Å². The normalized spacial score (nSPS) is 10.9. The predicted molar refractivity (Wildman–Crippen MR) is 105 cm³/mol. The molecule has 0 atom stereocenters. The van der Waals surface area contributed by atoms with Crippen molar-refractivity contribution in [2.75, 3.05) is 33.2 Å². The van der Waals surface area contributed by atoms with E-state index in [1.54, 1.807) is 20.3 Å². The van der Waals surface area contributed by atoms with Crippen molar-refractivity contribution in [3.8, 4) is 28.6 Å². The quantitative estimate of drug-likeness (QED) is 0.689. The first-order chi connectivity index (χ1) is 13.0. The van der Waals surface area contributed by atoms with Crippen molar-refractivity contribution in [2.24, 2.45) is 0 Å². The maximum Gasteiger partial charge on any atom is 0.217 e. The van der Waals surface area contributed by atoms with E-state index in [1.165, 1.54) is 0 Å². The van der Waals surface area contributed by atoms with Crippen LogP contribution in [0.1, 0.15) is 11.1 Å². The van der Waals surface area contributed by atoms with Gasteiger partial charge < -0.3 is 25.1 Å². The smallest absolute Gasteiger partial charge is 0.217 e. The number of nitrogen functional groups attached to an aromatic ring is 1. The molecule has 3 rings (SSSR count). The average molecular weight is 369 g/mol. The van der Waals surface area contributed by atoms with E-state index < -0.39 is 0 Å². The zero-order valence-electron chi connectivity index (χ0n) is 15.9.